The number of hydrogen-bond donors (Lipinski definition) is 2. The molecule has 0 saturated carbocycles. The predicted molar refractivity (Wildman–Crippen MR) is 118 cm³/mol. The average Bonchev–Trinajstić information content (AvgIpc) is 2.79. The summed E-state index contributed by atoms with van der Waals surface area (Å²) < 4.78 is 10.2. The molecule has 2 amide bonds. The van der Waals surface area contributed by atoms with Crippen LogP contribution >= 0.6 is 0 Å². The van der Waals surface area contributed by atoms with E-state index in [2.05, 4.69) is 10.6 Å². The van der Waals surface area contributed by atoms with E-state index in [0.29, 0.717) is 22.7 Å². The third-order valence-electron chi connectivity index (χ3n) is 4.31. The minimum absolute atomic E-state index is 0.238. The standard InChI is InChI=1S/C24H22N2O4/c1-29-21-12-3-17(4-13-21)5-16-23(27)25-19-8-6-18(7-9-19)24(28)26-20-10-14-22(30-2)15-11-20/h3-16H,1-2H3,(H,25,27)(H,26,28)/b16-5+. The lowest BCUT2D eigenvalue weighted by atomic mass is 10.2. The van der Waals surface area contributed by atoms with Gasteiger partial charge in [-0.2, -0.15) is 0 Å². The van der Waals surface area contributed by atoms with E-state index in [4.69, 9.17) is 9.47 Å². The molecule has 0 aromatic heterocycles. The van der Waals surface area contributed by atoms with E-state index in [1.54, 1.807) is 68.8 Å². The van der Waals surface area contributed by atoms with E-state index in [1.165, 1.54) is 6.08 Å². The first-order chi connectivity index (χ1) is 14.6. The first kappa shape index (κ1) is 20.7. The zero-order chi connectivity index (χ0) is 21.3. The number of anilines is 2. The van der Waals surface area contributed by atoms with Crippen LogP contribution in [0.2, 0.25) is 0 Å². The number of nitrogens with one attached hydrogen (secondary N) is 2. The summed E-state index contributed by atoms with van der Waals surface area (Å²) in [6, 6.07) is 21.1. The Labute approximate surface area is 175 Å². The Hall–Kier alpha value is -4.06. The van der Waals surface area contributed by atoms with Gasteiger partial charge in [0, 0.05) is 23.0 Å². The van der Waals surface area contributed by atoms with Crippen molar-refractivity contribution in [2.45, 2.75) is 0 Å². The maximum absolute atomic E-state index is 12.4. The van der Waals surface area contributed by atoms with Crippen molar-refractivity contribution in [2.75, 3.05) is 24.9 Å². The summed E-state index contributed by atoms with van der Waals surface area (Å²) >= 11 is 0. The Balaban J connectivity index is 1.55. The molecule has 0 spiro atoms. The molecule has 0 radical (unpaired) electrons. The van der Waals surface area contributed by atoms with Gasteiger partial charge in [0.05, 0.1) is 14.2 Å². The van der Waals surface area contributed by atoms with Crippen molar-refractivity contribution in [3.63, 3.8) is 0 Å². The third-order valence-corrected chi connectivity index (χ3v) is 4.31. The lowest BCUT2D eigenvalue weighted by molar-refractivity contribution is -0.111. The van der Waals surface area contributed by atoms with Crippen molar-refractivity contribution >= 4 is 29.3 Å². The van der Waals surface area contributed by atoms with Crippen molar-refractivity contribution in [1.82, 2.24) is 0 Å². The molecule has 6 nitrogen and oxygen atoms in total. The van der Waals surface area contributed by atoms with Crippen molar-refractivity contribution in [2.24, 2.45) is 0 Å². The number of methoxy groups -OCH3 is 2. The molecule has 0 aliphatic carbocycles. The third kappa shape index (κ3) is 5.72. The first-order valence-electron chi connectivity index (χ1n) is 9.26. The molecular formula is C24H22N2O4. The number of amides is 2. The number of carbonyl (C=O) groups excluding carboxylic acids is 2. The maximum atomic E-state index is 12.4. The van der Waals surface area contributed by atoms with Crippen LogP contribution in [0.25, 0.3) is 6.08 Å². The smallest absolute Gasteiger partial charge is 0.255 e. The zero-order valence-electron chi connectivity index (χ0n) is 16.7. The highest BCUT2D eigenvalue weighted by molar-refractivity contribution is 6.05. The number of hydrogen-bond acceptors (Lipinski definition) is 4. The van der Waals surface area contributed by atoms with E-state index in [9.17, 15) is 9.59 Å². The lowest BCUT2D eigenvalue weighted by Gasteiger charge is -2.07. The first-order valence-corrected chi connectivity index (χ1v) is 9.26. The topological polar surface area (TPSA) is 76.7 Å². The summed E-state index contributed by atoms with van der Waals surface area (Å²) in [6.45, 7) is 0. The van der Waals surface area contributed by atoms with Gasteiger partial charge in [0.25, 0.3) is 5.91 Å². The summed E-state index contributed by atoms with van der Waals surface area (Å²) in [7, 11) is 3.19. The summed E-state index contributed by atoms with van der Waals surface area (Å²) in [5, 5.41) is 5.58. The van der Waals surface area contributed by atoms with Crippen LogP contribution in [0.3, 0.4) is 0 Å². The van der Waals surface area contributed by atoms with Crippen LogP contribution in [0.15, 0.2) is 78.9 Å². The highest BCUT2D eigenvalue weighted by atomic mass is 16.5. The number of carbonyl (C=O) groups is 2. The van der Waals surface area contributed by atoms with Gasteiger partial charge in [-0.1, -0.05) is 12.1 Å². The quantitative estimate of drug-likeness (QED) is 0.566. The second-order valence-electron chi connectivity index (χ2n) is 6.36. The van der Waals surface area contributed by atoms with Crippen LogP contribution in [0.5, 0.6) is 11.5 Å². The van der Waals surface area contributed by atoms with Crippen molar-refractivity contribution in [3.8, 4) is 11.5 Å². The maximum Gasteiger partial charge on any atom is 0.255 e. The Kier molecular flexibility index (Phi) is 6.84. The Morgan fingerprint density at radius 3 is 1.77 bits per heavy atom. The molecule has 3 rings (SSSR count). The SMILES string of the molecule is COc1ccc(/C=C/C(=O)Nc2ccc(C(=O)Nc3ccc(OC)cc3)cc2)cc1. The fraction of sp³-hybridized carbons (Fsp3) is 0.0833. The fourth-order valence-corrected chi connectivity index (χ4v) is 2.65. The van der Waals surface area contributed by atoms with Gasteiger partial charge >= 0.3 is 0 Å². The van der Waals surface area contributed by atoms with E-state index in [-0.39, 0.29) is 11.8 Å². The van der Waals surface area contributed by atoms with Crippen LogP contribution in [0.4, 0.5) is 11.4 Å². The predicted octanol–water partition coefficient (Wildman–Crippen LogP) is 4.61. The Morgan fingerprint density at radius 2 is 1.20 bits per heavy atom. The van der Waals surface area contributed by atoms with Crippen LogP contribution in [0, 0.1) is 0 Å². The molecular weight excluding hydrogens is 380 g/mol. The van der Waals surface area contributed by atoms with Gasteiger partial charge in [0.2, 0.25) is 5.91 Å². The monoisotopic (exact) mass is 402 g/mol. The molecule has 30 heavy (non-hydrogen) atoms. The molecule has 0 saturated heterocycles. The second-order valence-corrected chi connectivity index (χ2v) is 6.36. The highest BCUT2D eigenvalue weighted by Crippen LogP contribution is 2.17. The normalized spacial score (nSPS) is 10.5. The van der Waals surface area contributed by atoms with Crippen LogP contribution in [-0.4, -0.2) is 26.0 Å². The van der Waals surface area contributed by atoms with Crippen molar-refractivity contribution in [3.05, 3.63) is 90.0 Å². The van der Waals surface area contributed by atoms with Gasteiger partial charge in [-0.15, -0.1) is 0 Å². The molecule has 3 aromatic rings. The van der Waals surface area contributed by atoms with Crippen LogP contribution < -0.4 is 20.1 Å². The molecule has 0 heterocycles. The van der Waals surface area contributed by atoms with E-state index in [1.807, 2.05) is 24.3 Å². The largest absolute Gasteiger partial charge is 0.497 e. The van der Waals surface area contributed by atoms with E-state index >= 15 is 0 Å². The Bertz CT molecular complexity index is 1020. The van der Waals surface area contributed by atoms with Gasteiger partial charge in [-0.3, -0.25) is 9.59 Å². The van der Waals surface area contributed by atoms with Crippen molar-refractivity contribution in [1.29, 1.82) is 0 Å². The number of ether oxygens (including phenoxy) is 2. The van der Waals surface area contributed by atoms with Gasteiger partial charge < -0.3 is 20.1 Å². The van der Waals surface area contributed by atoms with E-state index < -0.39 is 0 Å². The lowest BCUT2D eigenvalue weighted by Crippen LogP contribution is -2.12. The highest BCUT2D eigenvalue weighted by Gasteiger charge is 2.07. The second kappa shape index (κ2) is 9.93. The summed E-state index contributed by atoms with van der Waals surface area (Å²) in [6.07, 6.45) is 3.16. The minimum Gasteiger partial charge on any atom is -0.497 e. The molecule has 0 fully saturated rings. The summed E-state index contributed by atoms with van der Waals surface area (Å²) in [4.78, 5) is 24.5. The summed E-state index contributed by atoms with van der Waals surface area (Å²) in [5.41, 5.74) is 2.64. The molecule has 0 unspecified atom stereocenters. The molecule has 0 aliphatic rings. The Morgan fingerprint density at radius 1 is 0.700 bits per heavy atom. The number of rotatable bonds is 7. The number of benzene rings is 3. The van der Waals surface area contributed by atoms with Gasteiger partial charge in [0.15, 0.2) is 0 Å². The molecule has 6 heteroatoms. The average molecular weight is 402 g/mol. The molecule has 0 atom stereocenters. The zero-order valence-corrected chi connectivity index (χ0v) is 16.7. The minimum atomic E-state index is -0.263. The molecule has 0 aliphatic heterocycles. The van der Waals surface area contributed by atoms with Crippen LogP contribution in [-0.2, 0) is 4.79 Å². The molecule has 152 valence electrons. The van der Waals surface area contributed by atoms with Crippen LogP contribution in [0.1, 0.15) is 15.9 Å². The molecule has 0 bridgehead atoms. The fourth-order valence-electron chi connectivity index (χ4n) is 2.65. The molecule has 2 N–H and O–H groups in total. The summed E-state index contributed by atoms with van der Waals surface area (Å²) in [5.74, 6) is 0.973. The van der Waals surface area contributed by atoms with E-state index in [0.717, 1.165) is 11.3 Å². The van der Waals surface area contributed by atoms with Gasteiger partial charge in [0.1, 0.15) is 11.5 Å². The van der Waals surface area contributed by atoms with Gasteiger partial charge in [-0.05, 0) is 72.3 Å². The molecule has 3 aromatic carbocycles. The van der Waals surface area contributed by atoms with Crippen molar-refractivity contribution < 1.29 is 19.1 Å². The van der Waals surface area contributed by atoms with Gasteiger partial charge in [-0.25, -0.2) is 0 Å².